The molecule has 2 nitrogen and oxygen atoms in total. The fourth-order valence-corrected chi connectivity index (χ4v) is 3.36. The Balaban J connectivity index is 1.68. The first-order valence-corrected chi connectivity index (χ1v) is 8.25. The van der Waals surface area contributed by atoms with Gasteiger partial charge in [0.15, 0.2) is 0 Å². The van der Waals surface area contributed by atoms with Gasteiger partial charge in [0, 0.05) is 31.6 Å². The molecule has 0 bridgehead atoms. The van der Waals surface area contributed by atoms with E-state index in [-0.39, 0.29) is 6.04 Å². The van der Waals surface area contributed by atoms with Crippen LogP contribution in [-0.2, 0) is 6.54 Å². The van der Waals surface area contributed by atoms with Crippen LogP contribution in [0.1, 0.15) is 42.4 Å². The van der Waals surface area contributed by atoms with Gasteiger partial charge in [-0.3, -0.25) is 4.90 Å². The molecule has 3 rings (SSSR count). The van der Waals surface area contributed by atoms with E-state index in [1.54, 1.807) is 0 Å². The van der Waals surface area contributed by atoms with Gasteiger partial charge in [-0.05, 0) is 22.6 Å². The SMILES string of the molecule is CC(C)c1ccc(C2CN(Cc3ccccc3)CC2N)cc1. The Morgan fingerprint density at radius 3 is 2.32 bits per heavy atom. The topological polar surface area (TPSA) is 29.3 Å². The van der Waals surface area contributed by atoms with Gasteiger partial charge < -0.3 is 5.73 Å². The van der Waals surface area contributed by atoms with Crippen molar-refractivity contribution in [1.82, 2.24) is 4.90 Å². The molecule has 0 aromatic heterocycles. The van der Waals surface area contributed by atoms with Gasteiger partial charge in [-0.25, -0.2) is 0 Å². The van der Waals surface area contributed by atoms with Crippen LogP contribution >= 0.6 is 0 Å². The monoisotopic (exact) mass is 294 g/mol. The van der Waals surface area contributed by atoms with Crippen LogP contribution in [0.15, 0.2) is 54.6 Å². The second-order valence-electron chi connectivity index (χ2n) is 6.77. The number of likely N-dealkylation sites (tertiary alicyclic amines) is 1. The van der Waals surface area contributed by atoms with Gasteiger partial charge in [-0.15, -0.1) is 0 Å². The quantitative estimate of drug-likeness (QED) is 0.931. The molecule has 2 atom stereocenters. The zero-order valence-corrected chi connectivity index (χ0v) is 13.6. The summed E-state index contributed by atoms with van der Waals surface area (Å²) < 4.78 is 0. The van der Waals surface area contributed by atoms with Crippen LogP contribution in [-0.4, -0.2) is 24.0 Å². The third-order valence-electron chi connectivity index (χ3n) is 4.72. The molecule has 22 heavy (non-hydrogen) atoms. The molecule has 0 radical (unpaired) electrons. The summed E-state index contributed by atoms with van der Waals surface area (Å²) >= 11 is 0. The van der Waals surface area contributed by atoms with Gasteiger partial charge in [0.2, 0.25) is 0 Å². The minimum atomic E-state index is 0.230. The van der Waals surface area contributed by atoms with Crippen LogP contribution < -0.4 is 5.73 Å². The first-order chi connectivity index (χ1) is 10.6. The van der Waals surface area contributed by atoms with Gasteiger partial charge in [-0.2, -0.15) is 0 Å². The van der Waals surface area contributed by atoms with Crippen molar-refractivity contribution in [2.75, 3.05) is 13.1 Å². The summed E-state index contributed by atoms with van der Waals surface area (Å²) in [4.78, 5) is 2.47. The van der Waals surface area contributed by atoms with E-state index in [4.69, 9.17) is 5.73 Å². The smallest absolute Gasteiger partial charge is 0.0250 e. The molecular weight excluding hydrogens is 268 g/mol. The fourth-order valence-electron chi connectivity index (χ4n) is 3.36. The number of benzene rings is 2. The summed E-state index contributed by atoms with van der Waals surface area (Å²) in [5, 5.41) is 0. The van der Waals surface area contributed by atoms with Crippen molar-refractivity contribution in [3.05, 3.63) is 71.3 Å². The van der Waals surface area contributed by atoms with Gasteiger partial charge >= 0.3 is 0 Å². The summed E-state index contributed by atoms with van der Waals surface area (Å²) in [6.07, 6.45) is 0. The minimum absolute atomic E-state index is 0.230. The highest BCUT2D eigenvalue weighted by molar-refractivity contribution is 5.29. The van der Waals surface area contributed by atoms with E-state index in [0.29, 0.717) is 11.8 Å². The Kier molecular flexibility index (Phi) is 4.60. The Labute approximate surface area is 134 Å². The van der Waals surface area contributed by atoms with Crippen LogP contribution in [0.5, 0.6) is 0 Å². The van der Waals surface area contributed by atoms with Gasteiger partial charge in [0.25, 0.3) is 0 Å². The van der Waals surface area contributed by atoms with Crippen LogP contribution in [0.3, 0.4) is 0 Å². The lowest BCUT2D eigenvalue weighted by atomic mass is 9.92. The van der Waals surface area contributed by atoms with Crippen molar-refractivity contribution in [2.24, 2.45) is 5.73 Å². The van der Waals surface area contributed by atoms with E-state index in [1.165, 1.54) is 16.7 Å². The maximum atomic E-state index is 6.41. The largest absolute Gasteiger partial charge is 0.326 e. The van der Waals surface area contributed by atoms with Crippen molar-refractivity contribution < 1.29 is 0 Å². The van der Waals surface area contributed by atoms with E-state index in [1.807, 2.05) is 0 Å². The van der Waals surface area contributed by atoms with Crippen molar-refractivity contribution in [2.45, 2.75) is 38.3 Å². The maximum Gasteiger partial charge on any atom is 0.0250 e. The molecule has 1 aliphatic rings. The summed E-state index contributed by atoms with van der Waals surface area (Å²) in [5.74, 6) is 1.03. The predicted molar refractivity (Wildman–Crippen MR) is 93.0 cm³/mol. The Morgan fingerprint density at radius 2 is 1.68 bits per heavy atom. The van der Waals surface area contributed by atoms with E-state index in [2.05, 4.69) is 73.3 Å². The molecule has 116 valence electrons. The maximum absolute atomic E-state index is 6.41. The second-order valence-corrected chi connectivity index (χ2v) is 6.77. The fraction of sp³-hybridized carbons (Fsp3) is 0.400. The zero-order chi connectivity index (χ0) is 15.5. The van der Waals surface area contributed by atoms with E-state index < -0.39 is 0 Å². The highest BCUT2D eigenvalue weighted by Gasteiger charge is 2.31. The van der Waals surface area contributed by atoms with Gasteiger partial charge in [0.05, 0.1) is 0 Å². The Morgan fingerprint density at radius 1 is 1.00 bits per heavy atom. The van der Waals surface area contributed by atoms with Crippen molar-refractivity contribution in [3.8, 4) is 0 Å². The molecule has 0 aliphatic carbocycles. The summed E-state index contributed by atoms with van der Waals surface area (Å²) in [6, 6.07) is 19.9. The lowest BCUT2D eigenvalue weighted by Crippen LogP contribution is -2.28. The molecule has 2 heteroatoms. The molecular formula is C20H26N2. The van der Waals surface area contributed by atoms with Crippen molar-refractivity contribution in [3.63, 3.8) is 0 Å². The van der Waals surface area contributed by atoms with E-state index >= 15 is 0 Å². The standard InChI is InChI=1S/C20H26N2/c1-15(2)17-8-10-18(11-9-17)19-13-22(14-20(19)21)12-16-6-4-3-5-7-16/h3-11,15,19-20H,12-14,21H2,1-2H3. The lowest BCUT2D eigenvalue weighted by Gasteiger charge is -2.17. The number of rotatable bonds is 4. The third-order valence-corrected chi connectivity index (χ3v) is 4.72. The van der Waals surface area contributed by atoms with Crippen LogP contribution in [0.2, 0.25) is 0 Å². The van der Waals surface area contributed by atoms with Crippen LogP contribution in [0.25, 0.3) is 0 Å². The molecule has 2 N–H and O–H groups in total. The highest BCUT2D eigenvalue weighted by atomic mass is 15.2. The molecule has 0 amide bonds. The van der Waals surface area contributed by atoms with Crippen LogP contribution in [0, 0.1) is 0 Å². The predicted octanol–water partition coefficient (Wildman–Crippen LogP) is 3.74. The molecule has 2 unspecified atom stereocenters. The first-order valence-electron chi connectivity index (χ1n) is 8.25. The normalized spacial score (nSPS) is 22.4. The van der Waals surface area contributed by atoms with E-state index in [0.717, 1.165) is 19.6 Å². The molecule has 1 saturated heterocycles. The molecule has 1 aliphatic heterocycles. The van der Waals surface area contributed by atoms with Crippen molar-refractivity contribution in [1.29, 1.82) is 0 Å². The number of hydrogen-bond donors (Lipinski definition) is 1. The summed E-state index contributed by atoms with van der Waals surface area (Å²) in [7, 11) is 0. The Hall–Kier alpha value is -1.64. The van der Waals surface area contributed by atoms with Crippen molar-refractivity contribution >= 4 is 0 Å². The number of hydrogen-bond acceptors (Lipinski definition) is 2. The summed E-state index contributed by atoms with van der Waals surface area (Å²) in [6.45, 7) is 7.49. The molecule has 1 fully saturated rings. The molecule has 0 saturated carbocycles. The number of nitrogens with zero attached hydrogens (tertiary/aromatic N) is 1. The summed E-state index contributed by atoms with van der Waals surface area (Å²) in [5.41, 5.74) is 10.6. The lowest BCUT2D eigenvalue weighted by molar-refractivity contribution is 0.324. The van der Waals surface area contributed by atoms with Crippen LogP contribution in [0.4, 0.5) is 0 Å². The zero-order valence-electron chi connectivity index (χ0n) is 13.6. The first kappa shape index (κ1) is 15.3. The van der Waals surface area contributed by atoms with Gasteiger partial charge in [0.1, 0.15) is 0 Å². The number of nitrogens with two attached hydrogens (primary N) is 1. The molecule has 2 aromatic rings. The third kappa shape index (κ3) is 3.40. The average Bonchev–Trinajstić information content (AvgIpc) is 2.89. The van der Waals surface area contributed by atoms with Gasteiger partial charge in [-0.1, -0.05) is 68.4 Å². The minimum Gasteiger partial charge on any atom is -0.326 e. The van der Waals surface area contributed by atoms with E-state index in [9.17, 15) is 0 Å². The molecule has 1 heterocycles. The Bertz CT molecular complexity index is 589. The molecule has 0 spiro atoms. The average molecular weight is 294 g/mol. The molecule has 2 aromatic carbocycles. The highest BCUT2D eigenvalue weighted by Crippen LogP contribution is 2.28. The second kappa shape index (κ2) is 6.64.